The lowest BCUT2D eigenvalue weighted by molar-refractivity contribution is -0.135. The van der Waals surface area contributed by atoms with Crippen molar-refractivity contribution in [3.63, 3.8) is 0 Å². The second kappa shape index (κ2) is 10.9. The van der Waals surface area contributed by atoms with Crippen molar-refractivity contribution in [2.45, 2.75) is 63.8 Å². The van der Waals surface area contributed by atoms with Crippen LogP contribution >= 0.6 is 12.4 Å². The zero-order chi connectivity index (χ0) is 14.8. The molecule has 1 aliphatic carbocycles. The van der Waals surface area contributed by atoms with Crippen LogP contribution in [0.2, 0.25) is 0 Å². The molecule has 2 amide bonds. The minimum absolute atomic E-state index is 0. The summed E-state index contributed by atoms with van der Waals surface area (Å²) in [7, 11) is 1.87. The highest BCUT2D eigenvalue weighted by atomic mass is 35.5. The first kappa shape index (κ1) is 20.2. The lowest BCUT2D eigenvalue weighted by Crippen LogP contribution is -2.59. The summed E-state index contributed by atoms with van der Waals surface area (Å²) >= 11 is 0. The van der Waals surface area contributed by atoms with E-state index in [4.69, 9.17) is 0 Å². The third-order valence-electron chi connectivity index (χ3n) is 3.89. The average Bonchev–Trinajstić information content (AvgIpc) is 2.46. The van der Waals surface area contributed by atoms with E-state index >= 15 is 0 Å². The maximum absolute atomic E-state index is 12.4. The van der Waals surface area contributed by atoms with Crippen LogP contribution in [0, 0.1) is 0 Å². The average molecular weight is 320 g/mol. The van der Waals surface area contributed by atoms with Gasteiger partial charge in [-0.3, -0.25) is 9.59 Å². The maximum Gasteiger partial charge on any atom is 0.245 e. The Bertz CT molecular complexity index is 318. The topological polar surface area (TPSA) is 70.2 Å². The van der Waals surface area contributed by atoms with E-state index in [9.17, 15) is 9.59 Å². The molecule has 0 bridgehead atoms. The van der Waals surface area contributed by atoms with Gasteiger partial charge in [-0.15, -0.1) is 12.4 Å². The van der Waals surface area contributed by atoms with Gasteiger partial charge in [0.05, 0.1) is 0 Å². The van der Waals surface area contributed by atoms with Crippen molar-refractivity contribution in [2.75, 3.05) is 20.1 Å². The van der Waals surface area contributed by atoms with Gasteiger partial charge in [-0.2, -0.15) is 0 Å². The molecule has 1 aliphatic rings. The van der Waals surface area contributed by atoms with E-state index in [1.165, 1.54) is 0 Å². The Labute approximate surface area is 134 Å². The molecule has 124 valence electrons. The normalized spacial score (nSPS) is 16.7. The van der Waals surface area contributed by atoms with Crippen LogP contribution in [-0.2, 0) is 9.59 Å². The van der Waals surface area contributed by atoms with Gasteiger partial charge >= 0.3 is 0 Å². The van der Waals surface area contributed by atoms with Crippen molar-refractivity contribution < 1.29 is 9.59 Å². The highest BCUT2D eigenvalue weighted by Gasteiger charge is 2.40. The fraction of sp³-hybridized carbons (Fsp3) is 0.867. The van der Waals surface area contributed by atoms with Crippen LogP contribution in [0.25, 0.3) is 0 Å². The predicted molar refractivity (Wildman–Crippen MR) is 87.7 cm³/mol. The van der Waals surface area contributed by atoms with Gasteiger partial charge in [0.15, 0.2) is 0 Å². The second-order valence-corrected chi connectivity index (χ2v) is 5.65. The summed E-state index contributed by atoms with van der Waals surface area (Å²) in [5.41, 5.74) is -0.663. The molecule has 0 unspecified atom stereocenters. The Morgan fingerprint density at radius 3 is 2.33 bits per heavy atom. The number of amides is 2. The Morgan fingerprint density at radius 1 is 1.10 bits per heavy atom. The Balaban J connectivity index is 0.00000400. The van der Waals surface area contributed by atoms with Crippen LogP contribution < -0.4 is 16.0 Å². The molecule has 0 saturated heterocycles. The van der Waals surface area contributed by atoms with Crippen molar-refractivity contribution >= 4 is 24.2 Å². The predicted octanol–water partition coefficient (Wildman–Crippen LogP) is 1.75. The molecule has 5 nitrogen and oxygen atoms in total. The van der Waals surface area contributed by atoms with Crippen molar-refractivity contribution in [3.05, 3.63) is 0 Å². The zero-order valence-electron chi connectivity index (χ0n) is 13.3. The van der Waals surface area contributed by atoms with Gasteiger partial charge in [-0.05, 0) is 39.3 Å². The maximum atomic E-state index is 12.4. The highest BCUT2D eigenvalue weighted by molar-refractivity contribution is 5.91. The minimum Gasteiger partial charge on any atom is -0.354 e. The molecule has 3 N–H and O–H groups in total. The van der Waals surface area contributed by atoms with Crippen LogP contribution in [0.3, 0.4) is 0 Å². The fourth-order valence-electron chi connectivity index (χ4n) is 2.73. The fourth-order valence-corrected chi connectivity index (χ4v) is 2.73. The molecule has 0 aromatic heterocycles. The molecule has 1 rings (SSSR count). The van der Waals surface area contributed by atoms with Crippen molar-refractivity contribution in [1.29, 1.82) is 0 Å². The smallest absolute Gasteiger partial charge is 0.245 e. The number of hydrogen-bond acceptors (Lipinski definition) is 3. The Hall–Kier alpha value is -0.810. The first-order valence-corrected chi connectivity index (χ1v) is 7.88. The van der Waals surface area contributed by atoms with Gasteiger partial charge in [0.1, 0.15) is 5.54 Å². The van der Waals surface area contributed by atoms with E-state index in [1.54, 1.807) is 0 Å². The molecular weight excluding hydrogens is 290 g/mol. The lowest BCUT2D eigenvalue weighted by atomic mass is 9.80. The van der Waals surface area contributed by atoms with Gasteiger partial charge in [0, 0.05) is 13.0 Å². The molecule has 0 atom stereocenters. The van der Waals surface area contributed by atoms with E-state index in [0.717, 1.165) is 51.5 Å². The third kappa shape index (κ3) is 6.66. The molecule has 0 aliphatic heterocycles. The van der Waals surface area contributed by atoms with Crippen LogP contribution in [0.1, 0.15) is 58.3 Å². The summed E-state index contributed by atoms with van der Waals surface area (Å²) in [6.45, 7) is 3.53. The largest absolute Gasteiger partial charge is 0.354 e. The van der Waals surface area contributed by atoms with Crippen molar-refractivity contribution in [3.8, 4) is 0 Å². The standard InChI is InChI=1S/C15H29N3O2.ClH/c1-3-11-17-14(20)15(9-5-4-6-10-15)18-13(19)8-7-12-16-2;/h16H,3-12H2,1-2H3,(H,17,20)(H,18,19);1H. The minimum atomic E-state index is -0.663. The third-order valence-corrected chi connectivity index (χ3v) is 3.89. The molecule has 1 saturated carbocycles. The molecule has 0 radical (unpaired) electrons. The molecule has 0 spiro atoms. The molecule has 1 fully saturated rings. The van der Waals surface area contributed by atoms with Gasteiger partial charge in [-0.25, -0.2) is 0 Å². The lowest BCUT2D eigenvalue weighted by Gasteiger charge is -2.36. The van der Waals surface area contributed by atoms with E-state index < -0.39 is 5.54 Å². The summed E-state index contributed by atoms with van der Waals surface area (Å²) in [6, 6.07) is 0. The molecular formula is C15H30ClN3O2. The molecule has 21 heavy (non-hydrogen) atoms. The molecule has 6 heteroatoms. The van der Waals surface area contributed by atoms with Crippen molar-refractivity contribution in [1.82, 2.24) is 16.0 Å². The summed E-state index contributed by atoms with van der Waals surface area (Å²) in [6.07, 6.45) is 6.89. The monoisotopic (exact) mass is 319 g/mol. The van der Waals surface area contributed by atoms with Gasteiger partial charge in [-0.1, -0.05) is 26.2 Å². The summed E-state index contributed by atoms with van der Waals surface area (Å²) in [5, 5.41) is 9.00. The number of carbonyl (C=O) groups is 2. The summed E-state index contributed by atoms with van der Waals surface area (Å²) in [5.74, 6) is -0.00480. The Kier molecular flexibility index (Phi) is 10.4. The number of rotatable bonds is 8. The van der Waals surface area contributed by atoms with Gasteiger partial charge < -0.3 is 16.0 Å². The van der Waals surface area contributed by atoms with Crippen LogP contribution in [-0.4, -0.2) is 37.5 Å². The number of carbonyl (C=O) groups excluding carboxylic acids is 2. The Morgan fingerprint density at radius 2 is 1.76 bits per heavy atom. The number of hydrogen-bond donors (Lipinski definition) is 3. The molecule has 0 aromatic carbocycles. The number of nitrogens with one attached hydrogen (secondary N) is 3. The SMILES string of the molecule is CCCNC(=O)C1(NC(=O)CCCNC)CCCCC1.Cl. The highest BCUT2D eigenvalue weighted by Crippen LogP contribution is 2.28. The van der Waals surface area contributed by atoms with Gasteiger partial charge in [0.2, 0.25) is 11.8 Å². The summed E-state index contributed by atoms with van der Waals surface area (Å²) in [4.78, 5) is 24.5. The van der Waals surface area contributed by atoms with E-state index in [-0.39, 0.29) is 24.2 Å². The van der Waals surface area contributed by atoms with Crippen LogP contribution in [0.4, 0.5) is 0 Å². The van der Waals surface area contributed by atoms with Crippen LogP contribution in [0.15, 0.2) is 0 Å². The number of halogens is 1. The van der Waals surface area contributed by atoms with E-state index in [0.29, 0.717) is 13.0 Å². The van der Waals surface area contributed by atoms with E-state index in [2.05, 4.69) is 16.0 Å². The molecule has 0 aromatic rings. The quantitative estimate of drug-likeness (QED) is 0.597. The zero-order valence-corrected chi connectivity index (χ0v) is 14.1. The van der Waals surface area contributed by atoms with Crippen molar-refractivity contribution in [2.24, 2.45) is 0 Å². The first-order chi connectivity index (χ1) is 9.64. The van der Waals surface area contributed by atoms with Gasteiger partial charge in [0.25, 0.3) is 0 Å². The second-order valence-electron chi connectivity index (χ2n) is 5.65. The summed E-state index contributed by atoms with van der Waals surface area (Å²) < 4.78 is 0. The first-order valence-electron chi connectivity index (χ1n) is 7.88. The molecule has 0 heterocycles. The van der Waals surface area contributed by atoms with Crippen LogP contribution in [0.5, 0.6) is 0 Å². The van der Waals surface area contributed by atoms with E-state index in [1.807, 2.05) is 14.0 Å².